The van der Waals surface area contributed by atoms with Gasteiger partial charge >= 0.3 is 0 Å². The summed E-state index contributed by atoms with van der Waals surface area (Å²) in [5, 5.41) is 11.4. The van der Waals surface area contributed by atoms with Crippen LogP contribution in [0.5, 0.6) is 11.5 Å². The number of carbonyl (C=O) groups excluding carboxylic acids is 1. The third-order valence-electron chi connectivity index (χ3n) is 3.33. The minimum Gasteiger partial charge on any atom is -0.497 e. The molecule has 3 rings (SSSR count). The molecule has 1 aromatic carbocycles. The Morgan fingerprint density at radius 1 is 1.28 bits per heavy atom. The minimum atomic E-state index is -0.305. The fraction of sp³-hybridized carbons (Fsp3) is 0.118. The van der Waals surface area contributed by atoms with E-state index >= 15 is 0 Å². The molecule has 0 spiro atoms. The SMILES string of the molecule is COc1ccc(-c2nc(NC(=O)/C=C/c3cccs3)n[nH]2)c(OC)c1. The zero-order valence-corrected chi connectivity index (χ0v) is 14.5. The van der Waals surface area contributed by atoms with Crippen molar-refractivity contribution in [3.8, 4) is 22.9 Å². The van der Waals surface area contributed by atoms with E-state index in [0.29, 0.717) is 22.9 Å². The number of nitrogens with one attached hydrogen (secondary N) is 2. The number of amides is 1. The predicted octanol–water partition coefficient (Wildman–Crippen LogP) is 3.20. The largest absolute Gasteiger partial charge is 0.497 e. The van der Waals surface area contributed by atoms with Crippen molar-refractivity contribution in [1.29, 1.82) is 0 Å². The Bertz CT molecular complexity index is 887. The molecule has 0 aliphatic carbocycles. The van der Waals surface area contributed by atoms with Gasteiger partial charge in [-0.3, -0.25) is 15.2 Å². The first-order chi connectivity index (χ1) is 12.2. The van der Waals surface area contributed by atoms with Crippen LogP contribution in [0.3, 0.4) is 0 Å². The molecule has 0 aliphatic heterocycles. The highest BCUT2D eigenvalue weighted by Gasteiger charge is 2.13. The number of hydrogen-bond donors (Lipinski definition) is 2. The van der Waals surface area contributed by atoms with Gasteiger partial charge in [0, 0.05) is 17.0 Å². The summed E-state index contributed by atoms with van der Waals surface area (Å²) in [5.74, 6) is 1.63. The monoisotopic (exact) mass is 356 g/mol. The minimum absolute atomic E-state index is 0.189. The molecule has 128 valence electrons. The molecule has 0 saturated heterocycles. The number of carbonyl (C=O) groups is 1. The molecule has 0 radical (unpaired) electrons. The molecule has 25 heavy (non-hydrogen) atoms. The standard InChI is InChI=1S/C17H16N4O3S/c1-23-11-5-7-13(14(10-11)24-2)16-19-17(21-20-16)18-15(22)8-6-12-4-3-9-25-12/h3-10H,1-2H3,(H2,18,19,20,21,22)/b8-6+. The molecular weight excluding hydrogens is 340 g/mol. The molecule has 2 heterocycles. The van der Waals surface area contributed by atoms with Crippen LogP contribution < -0.4 is 14.8 Å². The second-order valence-electron chi connectivity index (χ2n) is 4.91. The lowest BCUT2D eigenvalue weighted by Gasteiger charge is -2.07. The summed E-state index contributed by atoms with van der Waals surface area (Å²) in [4.78, 5) is 17.2. The van der Waals surface area contributed by atoms with E-state index in [1.807, 2.05) is 17.5 Å². The van der Waals surface area contributed by atoms with Gasteiger partial charge in [0.2, 0.25) is 5.95 Å². The number of benzene rings is 1. The lowest BCUT2D eigenvalue weighted by atomic mass is 10.2. The Labute approximate surface area is 148 Å². The van der Waals surface area contributed by atoms with E-state index in [0.717, 1.165) is 4.88 Å². The summed E-state index contributed by atoms with van der Waals surface area (Å²) in [5.41, 5.74) is 0.713. The highest BCUT2D eigenvalue weighted by atomic mass is 32.1. The van der Waals surface area contributed by atoms with Crippen LogP contribution >= 0.6 is 11.3 Å². The van der Waals surface area contributed by atoms with E-state index in [9.17, 15) is 4.79 Å². The number of hydrogen-bond acceptors (Lipinski definition) is 6. The van der Waals surface area contributed by atoms with Crippen LogP contribution in [0.25, 0.3) is 17.5 Å². The predicted molar refractivity (Wildman–Crippen MR) is 96.9 cm³/mol. The van der Waals surface area contributed by atoms with Crippen LogP contribution in [0.15, 0.2) is 41.8 Å². The number of aromatic amines is 1. The Kier molecular flexibility index (Phi) is 5.10. The van der Waals surface area contributed by atoms with Crippen molar-refractivity contribution in [2.24, 2.45) is 0 Å². The summed E-state index contributed by atoms with van der Waals surface area (Å²) < 4.78 is 10.5. The average molecular weight is 356 g/mol. The van der Waals surface area contributed by atoms with Crippen molar-refractivity contribution in [3.63, 3.8) is 0 Å². The van der Waals surface area contributed by atoms with E-state index in [1.54, 1.807) is 49.8 Å². The van der Waals surface area contributed by atoms with Crippen molar-refractivity contribution in [3.05, 3.63) is 46.7 Å². The molecule has 0 fully saturated rings. The van der Waals surface area contributed by atoms with Crippen LogP contribution in [0.1, 0.15) is 4.88 Å². The number of thiophene rings is 1. The molecule has 7 nitrogen and oxygen atoms in total. The molecule has 8 heteroatoms. The highest BCUT2D eigenvalue weighted by molar-refractivity contribution is 7.10. The number of aromatic nitrogens is 3. The third-order valence-corrected chi connectivity index (χ3v) is 4.16. The van der Waals surface area contributed by atoms with Crippen LogP contribution in [-0.2, 0) is 4.79 Å². The Morgan fingerprint density at radius 2 is 2.16 bits per heavy atom. The number of H-pyrrole nitrogens is 1. The summed E-state index contributed by atoms with van der Waals surface area (Å²) >= 11 is 1.55. The van der Waals surface area contributed by atoms with E-state index in [1.165, 1.54) is 6.08 Å². The van der Waals surface area contributed by atoms with E-state index in [2.05, 4.69) is 20.5 Å². The molecule has 0 atom stereocenters. The maximum absolute atomic E-state index is 11.9. The zero-order chi connectivity index (χ0) is 17.6. The normalized spacial score (nSPS) is 10.8. The lowest BCUT2D eigenvalue weighted by molar-refractivity contribution is -0.111. The second-order valence-corrected chi connectivity index (χ2v) is 5.89. The van der Waals surface area contributed by atoms with Crippen molar-refractivity contribution in [2.75, 3.05) is 19.5 Å². The fourth-order valence-corrected chi connectivity index (χ4v) is 2.75. The average Bonchev–Trinajstić information content (AvgIpc) is 3.31. The van der Waals surface area contributed by atoms with Gasteiger partial charge in [0.05, 0.1) is 19.8 Å². The van der Waals surface area contributed by atoms with Crippen molar-refractivity contribution in [1.82, 2.24) is 15.2 Å². The van der Waals surface area contributed by atoms with Gasteiger partial charge in [0.15, 0.2) is 5.82 Å². The first kappa shape index (κ1) is 16.7. The number of anilines is 1. The summed E-state index contributed by atoms with van der Waals surface area (Å²) in [7, 11) is 3.15. The van der Waals surface area contributed by atoms with E-state index < -0.39 is 0 Å². The van der Waals surface area contributed by atoms with Crippen LogP contribution in [0.2, 0.25) is 0 Å². The Hall–Kier alpha value is -3.13. The summed E-state index contributed by atoms with van der Waals surface area (Å²) in [6.07, 6.45) is 3.18. The molecule has 1 amide bonds. The van der Waals surface area contributed by atoms with Crippen molar-refractivity contribution in [2.45, 2.75) is 0 Å². The second kappa shape index (κ2) is 7.63. The third kappa shape index (κ3) is 4.04. The van der Waals surface area contributed by atoms with Gasteiger partial charge in [0.25, 0.3) is 5.91 Å². The van der Waals surface area contributed by atoms with Gasteiger partial charge < -0.3 is 9.47 Å². The van der Waals surface area contributed by atoms with Crippen molar-refractivity contribution < 1.29 is 14.3 Å². The molecule has 3 aromatic rings. The van der Waals surface area contributed by atoms with Crippen LogP contribution in [0, 0.1) is 0 Å². The molecule has 0 aliphatic rings. The van der Waals surface area contributed by atoms with Gasteiger partial charge in [-0.05, 0) is 29.7 Å². The van der Waals surface area contributed by atoms with Gasteiger partial charge in [-0.1, -0.05) is 6.07 Å². The molecule has 2 N–H and O–H groups in total. The van der Waals surface area contributed by atoms with Crippen LogP contribution in [-0.4, -0.2) is 35.3 Å². The highest BCUT2D eigenvalue weighted by Crippen LogP contribution is 2.31. The van der Waals surface area contributed by atoms with Crippen molar-refractivity contribution >= 4 is 29.3 Å². The number of ether oxygens (including phenoxy) is 2. The Balaban J connectivity index is 1.73. The number of rotatable bonds is 6. The van der Waals surface area contributed by atoms with E-state index in [4.69, 9.17) is 9.47 Å². The van der Waals surface area contributed by atoms with Gasteiger partial charge in [-0.25, -0.2) is 0 Å². The zero-order valence-electron chi connectivity index (χ0n) is 13.6. The number of methoxy groups -OCH3 is 2. The summed E-state index contributed by atoms with van der Waals surface area (Å²) in [6, 6.07) is 9.20. The first-order valence-electron chi connectivity index (χ1n) is 7.37. The molecular formula is C17H16N4O3S. The lowest BCUT2D eigenvalue weighted by Crippen LogP contribution is -2.08. The van der Waals surface area contributed by atoms with Crippen LogP contribution in [0.4, 0.5) is 5.95 Å². The molecule has 0 bridgehead atoms. The summed E-state index contributed by atoms with van der Waals surface area (Å²) in [6.45, 7) is 0. The maximum atomic E-state index is 11.9. The van der Waals surface area contributed by atoms with Gasteiger partial charge in [-0.2, -0.15) is 4.98 Å². The smallest absolute Gasteiger partial charge is 0.250 e. The number of nitrogens with zero attached hydrogens (tertiary/aromatic N) is 2. The topological polar surface area (TPSA) is 89.1 Å². The van der Waals surface area contributed by atoms with E-state index in [-0.39, 0.29) is 11.9 Å². The molecule has 0 saturated carbocycles. The first-order valence-corrected chi connectivity index (χ1v) is 8.25. The molecule has 2 aromatic heterocycles. The quantitative estimate of drug-likeness (QED) is 0.662. The molecule has 0 unspecified atom stereocenters. The Morgan fingerprint density at radius 3 is 2.88 bits per heavy atom. The van der Waals surface area contributed by atoms with Gasteiger partial charge in [-0.15, -0.1) is 16.4 Å². The van der Waals surface area contributed by atoms with Gasteiger partial charge in [0.1, 0.15) is 11.5 Å². The maximum Gasteiger partial charge on any atom is 0.250 e. The fourth-order valence-electron chi connectivity index (χ4n) is 2.13.